The van der Waals surface area contributed by atoms with E-state index in [2.05, 4.69) is 5.16 Å². The zero-order valence-electron chi connectivity index (χ0n) is 11.9. The van der Waals surface area contributed by atoms with Gasteiger partial charge in [0, 0.05) is 6.42 Å². The summed E-state index contributed by atoms with van der Waals surface area (Å²) in [6.07, 6.45) is 1.65. The molecule has 0 radical (unpaired) electrons. The van der Waals surface area contributed by atoms with Gasteiger partial charge < -0.3 is 9.57 Å². The molecule has 0 heterocycles. The van der Waals surface area contributed by atoms with Gasteiger partial charge >= 0.3 is 0 Å². The van der Waals surface area contributed by atoms with Crippen molar-refractivity contribution in [2.24, 2.45) is 5.16 Å². The van der Waals surface area contributed by atoms with Crippen LogP contribution in [-0.4, -0.2) is 19.1 Å². The molecule has 108 valence electrons. The molecule has 0 amide bonds. The lowest BCUT2D eigenvalue weighted by Gasteiger charge is -2.05. The molecule has 0 atom stereocenters. The van der Waals surface area contributed by atoms with E-state index in [1.54, 1.807) is 25.3 Å². The van der Waals surface area contributed by atoms with E-state index >= 15 is 0 Å². The lowest BCUT2D eigenvalue weighted by atomic mass is 10.1. The van der Waals surface area contributed by atoms with Crippen LogP contribution in [0.15, 0.2) is 59.8 Å². The number of Topliss-reactive ketones (excluding diaryl/α,β-unsaturated/α-hetero) is 1. The van der Waals surface area contributed by atoms with Crippen LogP contribution in [0.4, 0.5) is 0 Å². The van der Waals surface area contributed by atoms with Gasteiger partial charge in [0.05, 0.1) is 18.9 Å². The number of carbonyl (C=O) groups excluding carboxylic acids is 1. The molecule has 21 heavy (non-hydrogen) atoms. The van der Waals surface area contributed by atoms with Crippen molar-refractivity contribution < 1.29 is 14.4 Å². The quantitative estimate of drug-likeness (QED) is 0.444. The summed E-state index contributed by atoms with van der Waals surface area (Å²) >= 11 is 0. The third-order valence-electron chi connectivity index (χ3n) is 2.91. The van der Waals surface area contributed by atoms with Crippen LogP contribution in [0.2, 0.25) is 0 Å². The fourth-order valence-corrected chi connectivity index (χ4v) is 1.84. The normalized spacial score (nSPS) is 10.5. The van der Waals surface area contributed by atoms with Crippen molar-refractivity contribution in [2.45, 2.75) is 13.0 Å². The molecule has 0 unspecified atom stereocenters. The second-order valence-corrected chi connectivity index (χ2v) is 4.37. The second-order valence-electron chi connectivity index (χ2n) is 4.37. The number of hydrogen-bond donors (Lipinski definition) is 0. The number of ether oxygens (including phenoxy) is 1. The molecule has 2 aromatic carbocycles. The molecule has 0 fully saturated rings. The van der Waals surface area contributed by atoms with Crippen LogP contribution in [-0.2, 0) is 11.4 Å². The summed E-state index contributed by atoms with van der Waals surface area (Å²) in [4.78, 5) is 17.2. The molecule has 0 aliphatic heterocycles. The summed E-state index contributed by atoms with van der Waals surface area (Å²) in [5, 5.41) is 3.80. The Hall–Kier alpha value is -2.62. The number of methoxy groups -OCH3 is 1. The number of benzene rings is 2. The summed E-state index contributed by atoms with van der Waals surface area (Å²) < 4.78 is 5.16. The van der Waals surface area contributed by atoms with E-state index in [0.717, 1.165) is 5.56 Å². The molecule has 0 spiro atoms. The van der Waals surface area contributed by atoms with Crippen molar-refractivity contribution in [1.29, 1.82) is 0 Å². The maximum absolute atomic E-state index is 12.0. The van der Waals surface area contributed by atoms with Gasteiger partial charge in [-0.25, -0.2) is 0 Å². The maximum Gasteiger partial charge on any atom is 0.172 e. The molecule has 0 aromatic heterocycles. The van der Waals surface area contributed by atoms with Crippen LogP contribution in [0.25, 0.3) is 0 Å². The summed E-state index contributed by atoms with van der Waals surface area (Å²) in [6.45, 7) is 0.389. The predicted molar refractivity (Wildman–Crippen MR) is 81.7 cm³/mol. The van der Waals surface area contributed by atoms with Gasteiger partial charge in [-0.15, -0.1) is 0 Å². The first-order chi connectivity index (χ1) is 10.3. The maximum atomic E-state index is 12.0. The van der Waals surface area contributed by atoms with E-state index in [1.165, 1.54) is 6.21 Å². The molecule has 0 bridgehead atoms. The molecule has 0 N–H and O–H groups in total. The molecule has 2 rings (SSSR count). The van der Waals surface area contributed by atoms with Crippen molar-refractivity contribution in [3.05, 3.63) is 65.7 Å². The Labute approximate surface area is 124 Å². The Morgan fingerprint density at radius 2 is 1.81 bits per heavy atom. The van der Waals surface area contributed by atoms with Crippen LogP contribution in [0.5, 0.6) is 5.75 Å². The van der Waals surface area contributed by atoms with Crippen LogP contribution in [0, 0.1) is 0 Å². The zero-order valence-corrected chi connectivity index (χ0v) is 11.9. The molecule has 0 aliphatic carbocycles. The summed E-state index contributed by atoms with van der Waals surface area (Å²) in [7, 11) is 1.54. The monoisotopic (exact) mass is 283 g/mol. The Morgan fingerprint density at radius 3 is 2.57 bits per heavy atom. The fraction of sp³-hybridized carbons (Fsp3) is 0.176. The third-order valence-corrected chi connectivity index (χ3v) is 2.91. The summed E-state index contributed by atoms with van der Waals surface area (Å²) in [6, 6.07) is 16.9. The van der Waals surface area contributed by atoms with Crippen LogP contribution < -0.4 is 4.74 Å². The summed E-state index contributed by atoms with van der Waals surface area (Å²) in [5.41, 5.74) is 1.58. The van der Waals surface area contributed by atoms with E-state index in [-0.39, 0.29) is 12.2 Å². The Kier molecular flexibility index (Phi) is 5.52. The number of carbonyl (C=O) groups is 1. The average Bonchev–Trinajstić information content (AvgIpc) is 2.55. The Bertz CT molecular complexity index is 608. The number of oxime groups is 1. The highest BCUT2D eigenvalue weighted by atomic mass is 16.6. The minimum Gasteiger partial charge on any atom is -0.496 e. The van der Waals surface area contributed by atoms with Gasteiger partial charge in [-0.3, -0.25) is 4.79 Å². The predicted octanol–water partition coefficient (Wildman–Crippen LogP) is 3.47. The van der Waals surface area contributed by atoms with Gasteiger partial charge in [0.15, 0.2) is 5.78 Å². The van der Waals surface area contributed by atoms with Crippen LogP contribution in [0.3, 0.4) is 0 Å². The van der Waals surface area contributed by atoms with Gasteiger partial charge in [-0.1, -0.05) is 47.6 Å². The first-order valence-corrected chi connectivity index (χ1v) is 6.65. The number of hydrogen-bond acceptors (Lipinski definition) is 4. The van der Waals surface area contributed by atoms with Crippen LogP contribution in [0.1, 0.15) is 22.3 Å². The lowest BCUT2D eigenvalue weighted by Crippen LogP contribution is -2.02. The highest BCUT2D eigenvalue weighted by Gasteiger charge is 2.09. The molecule has 4 heteroatoms. The highest BCUT2D eigenvalue weighted by Crippen LogP contribution is 2.18. The van der Waals surface area contributed by atoms with Crippen molar-refractivity contribution in [1.82, 2.24) is 0 Å². The van der Waals surface area contributed by atoms with Crippen molar-refractivity contribution >= 4 is 12.0 Å². The minimum absolute atomic E-state index is 0.0560. The third kappa shape index (κ3) is 4.45. The molecule has 0 aliphatic rings. The smallest absolute Gasteiger partial charge is 0.172 e. The highest BCUT2D eigenvalue weighted by molar-refractivity contribution is 6.05. The lowest BCUT2D eigenvalue weighted by molar-refractivity contribution is 0.0993. The van der Waals surface area contributed by atoms with E-state index < -0.39 is 0 Å². The summed E-state index contributed by atoms with van der Waals surface area (Å²) in [5.74, 6) is 0.514. The molecular weight excluding hydrogens is 266 g/mol. The topological polar surface area (TPSA) is 47.9 Å². The largest absolute Gasteiger partial charge is 0.496 e. The second kappa shape index (κ2) is 7.85. The molecule has 0 saturated carbocycles. The van der Waals surface area contributed by atoms with Gasteiger partial charge in [0.25, 0.3) is 0 Å². The van der Waals surface area contributed by atoms with Crippen molar-refractivity contribution in [2.75, 3.05) is 7.11 Å². The van der Waals surface area contributed by atoms with Gasteiger partial charge in [0.1, 0.15) is 12.4 Å². The number of nitrogens with zero attached hydrogens (tertiary/aromatic N) is 1. The Balaban J connectivity index is 1.82. The SMILES string of the molecule is COc1ccccc1C(=O)C/C=N/OCc1ccccc1. The minimum atomic E-state index is -0.0560. The number of para-hydroxylation sites is 1. The van der Waals surface area contributed by atoms with Gasteiger partial charge in [0.2, 0.25) is 0 Å². The first-order valence-electron chi connectivity index (χ1n) is 6.65. The fourth-order valence-electron chi connectivity index (χ4n) is 1.84. The van der Waals surface area contributed by atoms with Crippen LogP contribution >= 0.6 is 0 Å². The number of ketones is 1. The molecule has 4 nitrogen and oxygen atoms in total. The van der Waals surface area contributed by atoms with Crippen molar-refractivity contribution in [3.63, 3.8) is 0 Å². The van der Waals surface area contributed by atoms with E-state index in [0.29, 0.717) is 17.9 Å². The Morgan fingerprint density at radius 1 is 1.10 bits per heavy atom. The first kappa shape index (κ1) is 14.8. The van der Waals surface area contributed by atoms with Crippen molar-refractivity contribution in [3.8, 4) is 5.75 Å². The molecular formula is C17H17NO3. The number of rotatable bonds is 7. The van der Waals surface area contributed by atoms with Gasteiger partial charge in [-0.2, -0.15) is 0 Å². The molecule has 2 aromatic rings. The van der Waals surface area contributed by atoms with E-state index in [4.69, 9.17) is 9.57 Å². The van der Waals surface area contributed by atoms with Gasteiger partial charge in [-0.05, 0) is 17.7 Å². The standard InChI is InChI=1S/C17H17NO3/c1-20-17-10-6-5-9-15(17)16(19)11-12-18-21-13-14-7-3-2-4-8-14/h2-10,12H,11,13H2,1H3/b18-12+. The zero-order chi connectivity index (χ0) is 14.9. The molecule has 0 saturated heterocycles. The van der Waals surface area contributed by atoms with E-state index in [1.807, 2.05) is 36.4 Å². The van der Waals surface area contributed by atoms with E-state index in [9.17, 15) is 4.79 Å². The average molecular weight is 283 g/mol.